The van der Waals surface area contributed by atoms with E-state index >= 15 is 0 Å². The Morgan fingerprint density at radius 2 is 1.72 bits per heavy atom. The molecule has 0 atom stereocenters. The van der Waals surface area contributed by atoms with Crippen molar-refractivity contribution in [2.45, 2.75) is 13.1 Å². The first-order valence-corrected chi connectivity index (χ1v) is 7.34. The van der Waals surface area contributed by atoms with E-state index in [4.69, 9.17) is 5.73 Å². The second kappa shape index (κ2) is 6.39. The summed E-state index contributed by atoms with van der Waals surface area (Å²) in [6.07, 6.45) is -4.43. The van der Waals surface area contributed by atoms with E-state index in [0.717, 1.165) is 23.3 Å². The van der Waals surface area contributed by atoms with E-state index in [1.54, 1.807) is 0 Å². The van der Waals surface area contributed by atoms with Gasteiger partial charge in [-0.15, -0.1) is 10.2 Å². The Kier molecular flexibility index (Phi) is 4.26. The molecule has 0 amide bonds. The van der Waals surface area contributed by atoms with Gasteiger partial charge in [0.2, 0.25) is 5.95 Å². The summed E-state index contributed by atoms with van der Waals surface area (Å²) in [7, 11) is 0. The van der Waals surface area contributed by atoms with E-state index in [1.165, 1.54) is 12.1 Å². The maximum absolute atomic E-state index is 12.8. The van der Waals surface area contributed by atoms with Crippen LogP contribution in [0.3, 0.4) is 0 Å². The summed E-state index contributed by atoms with van der Waals surface area (Å²) in [5.74, 6) is 0.197. The van der Waals surface area contributed by atoms with Crippen molar-refractivity contribution in [2.75, 3.05) is 11.1 Å². The Balaban J connectivity index is 1.92. The van der Waals surface area contributed by atoms with Crippen molar-refractivity contribution in [3.8, 4) is 11.3 Å². The van der Waals surface area contributed by atoms with Crippen LogP contribution in [-0.2, 0) is 6.18 Å². The van der Waals surface area contributed by atoms with E-state index in [0.29, 0.717) is 5.69 Å². The van der Waals surface area contributed by atoms with Gasteiger partial charge in [0, 0.05) is 11.3 Å². The smallest absolute Gasteiger partial charge is 0.380 e. The van der Waals surface area contributed by atoms with Gasteiger partial charge in [-0.05, 0) is 25.1 Å². The summed E-state index contributed by atoms with van der Waals surface area (Å²) < 4.78 is 38.4. The molecule has 3 rings (SSSR count). The Morgan fingerprint density at radius 1 is 1.00 bits per heavy atom. The third-order valence-electron chi connectivity index (χ3n) is 3.48. The molecule has 0 saturated heterocycles. The van der Waals surface area contributed by atoms with Crippen LogP contribution >= 0.6 is 0 Å². The van der Waals surface area contributed by atoms with Crippen molar-refractivity contribution in [1.82, 2.24) is 15.2 Å². The normalized spacial score (nSPS) is 11.4. The summed E-state index contributed by atoms with van der Waals surface area (Å²) in [6, 6.07) is 12.2. The molecular formula is C17H14F3N5. The second-order valence-electron chi connectivity index (χ2n) is 5.44. The highest BCUT2D eigenvalue weighted by atomic mass is 19.4. The quantitative estimate of drug-likeness (QED) is 0.744. The number of aromatic nitrogens is 3. The van der Waals surface area contributed by atoms with Gasteiger partial charge in [-0.1, -0.05) is 35.9 Å². The lowest BCUT2D eigenvalue weighted by Crippen LogP contribution is -2.07. The van der Waals surface area contributed by atoms with Gasteiger partial charge in [0.15, 0.2) is 5.82 Å². The first-order valence-electron chi connectivity index (χ1n) is 7.34. The minimum atomic E-state index is -4.43. The summed E-state index contributed by atoms with van der Waals surface area (Å²) in [5, 5.41) is 10.3. The summed E-state index contributed by atoms with van der Waals surface area (Å²) in [5.41, 5.74) is 7.49. The third-order valence-corrected chi connectivity index (χ3v) is 3.48. The Hall–Kier alpha value is -3.16. The number of nitrogens with one attached hydrogen (secondary N) is 1. The monoisotopic (exact) mass is 345 g/mol. The number of alkyl halides is 3. The van der Waals surface area contributed by atoms with E-state index < -0.39 is 11.7 Å². The van der Waals surface area contributed by atoms with Crippen molar-refractivity contribution >= 4 is 17.5 Å². The number of benzene rings is 2. The number of nitrogens with two attached hydrogens (primary N) is 1. The van der Waals surface area contributed by atoms with Gasteiger partial charge < -0.3 is 11.1 Å². The van der Waals surface area contributed by atoms with E-state index in [1.807, 2.05) is 31.2 Å². The predicted octanol–water partition coefficient (Wildman–Crippen LogP) is 4.19. The second-order valence-corrected chi connectivity index (χ2v) is 5.44. The topological polar surface area (TPSA) is 76.7 Å². The van der Waals surface area contributed by atoms with Gasteiger partial charge in [-0.2, -0.15) is 13.2 Å². The molecule has 1 aromatic heterocycles. The fourth-order valence-corrected chi connectivity index (χ4v) is 2.21. The summed E-state index contributed by atoms with van der Waals surface area (Å²) in [4.78, 5) is 4.27. The molecular weight excluding hydrogens is 331 g/mol. The van der Waals surface area contributed by atoms with Crippen LogP contribution in [0.5, 0.6) is 0 Å². The Bertz CT molecular complexity index is 892. The Labute approximate surface area is 141 Å². The number of rotatable bonds is 3. The van der Waals surface area contributed by atoms with Crippen molar-refractivity contribution in [1.29, 1.82) is 0 Å². The molecule has 3 aromatic rings. The van der Waals surface area contributed by atoms with E-state index in [9.17, 15) is 13.2 Å². The van der Waals surface area contributed by atoms with Gasteiger partial charge in [-0.3, -0.25) is 0 Å². The molecule has 128 valence electrons. The van der Waals surface area contributed by atoms with Crippen LogP contribution in [0.25, 0.3) is 11.3 Å². The van der Waals surface area contributed by atoms with Gasteiger partial charge in [0.05, 0.1) is 5.56 Å². The lowest BCUT2D eigenvalue weighted by molar-refractivity contribution is -0.137. The number of nitrogen functional groups attached to an aromatic ring is 1. The molecule has 3 N–H and O–H groups in total. The van der Waals surface area contributed by atoms with E-state index in [2.05, 4.69) is 20.5 Å². The molecule has 0 spiro atoms. The first-order chi connectivity index (χ1) is 11.8. The van der Waals surface area contributed by atoms with Crippen molar-refractivity contribution in [2.24, 2.45) is 0 Å². The van der Waals surface area contributed by atoms with Crippen molar-refractivity contribution < 1.29 is 13.2 Å². The molecule has 1 heterocycles. The van der Waals surface area contributed by atoms with Crippen LogP contribution < -0.4 is 11.1 Å². The lowest BCUT2D eigenvalue weighted by atomic mass is 10.1. The molecule has 25 heavy (non-hydrogen) atoms. The van der Waals surface area contributed by atoms with Crippen LogP contribution in [0.4, 0.5) is 30.6 Å². The van der Waals surface area contributed by atoms with Gasteiger partial charge in [-0.25, -0.2) is 4.98 Å². The zero-order valence-electron chi connectivity index (χ0n) is 13.2. The first kappa shape index (κ1) is 16.7. The van der Waals surface area contributed by atoms with Crippen LogP contribution in [0.2, 0.25) is 0 Å². The molecule has 0 bridgehead atoms. The maximum atomic E-state index is 12.8. The van der Waals surface area contributed by atoms with Crippen LogP contribution in [0, 0.1) is 6.92 Å². The highest BCUT2D eigenvalue weighted by molar-refractivity contribution is 5.71. The van der Waals surface area contributed by atoms with Crippen LogP contribution in [0.15, 0.2) is 48.5 Å². The maximum Gasteiger partial charge on any atom is 0.416 e. The highest BCUT2D eigenvalue weighted by Gasteiger charge is 2.30. The molecule has 0 aliphatic rings. The number of hydrogen-bond acceptors (Lipinski definition) is 5. The molecule has 5 nitrogen and oxygen atoms in total. The molecule has 0 radical (unpaired) electrons. The average molecular weight is 345 g/mol. The molecule has 0 fully saturated rings. The fraction of sp³-hybridized carbons (Fsp3) is 0.118. The minimum absolute atomic E-state index is 0.0594. The zero-order valence-corrected chi connectivity index (χ0v) is 13.2. The number of nitrogens with zero attached hydrogens (tertiary/aromatic N) is 3. The predicted molar refractivity (Wildman–Crippen MR) is 89.1 cm³/mol. The summed E-state index contributed by atoms with van der Waals surface area (Å²) >= 11 is 0. The molecule has 0 saturated carbocycles. The molecule has 0 unspecified atom stereocenters. The van der Waals surface area contributed by atoms with Crippen LogP contribution in [0.1, 0.15) is 11.1 Å². The third kappa shape index (κ3) is 3.85. The van der Waals surface area contributed by atoms with Gasteiger partial charge >= 0.3 is 6.18 Å². The number of hydrogen-bond donors (Lipinski definition) is 2. The Morgan fingerprint density at radius 3 is 2.40 bits per heavy atom. The van der Waals surface area contributed by atoms with Gasteiger partial charge in [0.1, 0.15) is 5.69 Å². The lowest BCUT2D eigenvalue weighted by Gasteiger charge is -2.10. The molecule has 2 aromatic carbocycles. The highest BCUT2D eigenvalue weighted by Crippen LogP contribution is 2.31. The average Bonchev–Trinajstić information content (AvgIpc) is 2.57. The molecule has 0 aliphatic carbocycles. The number of halogens is 3. The van der Waals surface area contributed by atoms with Gasteiger partial charge in [0.25, 0.3) is 0 Å². The van der Waals surface area contributed by atoms with Crippen LogP contribution in [-0.4, -0.2) is 15.2 Å². The summed E-state index contributed by atoms with van der Waals surface area (Å²) in [6.45, 7) is 1.95. The fourth-order valence-electron chi connectivity index (χ4n) is 2.21. The standard InChI is InChI=1S/C17H14F3N5/c1-10-5-7-11(8-6-10)14-15(21)24-25-16(23-14)22-13-4-2-3-12(9-13)17(18,19)20/h2-9H,1H3,(H2,21,24)(H,22,23,25). The largest absolute Gasteiger partial charge is 0.416 e. The molecule has 8 heteroatoms. The van der Waals surface area contributed by atoms with Crippen molar-refractivity contribution in [3.05, 3.63) is 59.7 Å². The number of anilines is 3. The minimum Gasteiger partial charge on any atom is -0.380 e. The SMILES string of the molecule is Cc1ccc(-c2nc(Nc3cccc(C(F)(F)F)c3)nnc2N)cc1. The van der Waals surface area contributed by atoms with E-state index in [-0.39, 0.29) is 17.5 Å². The molecule has 0 aliphatic heterocycles. The number of aryl methyl sites for hydroxylation is 1. The van der Waals surface area contributed by atoms with Crippen molar-refractivity contribution in [3.63, 3.8) is 0 Å². The zero-order chi connectivity index (χ0) is 18.0.